The number of hydrogen-bond donors (Lipinski definition) is 3. The molecule has 1 aromatic rings. The summed E-state index contributed by atoms with van der Waals surface area (Å²) in [5.41, 5.74) is 0.921. The van der Waals surface area contributed by atoms with Crippen LogP contribution in [-0.2, 0) is 9.53 Å². The summed E-state index contributed by atoms with van der Waals surface area (Å²) in [6.07, 6.45) is -1.09. The molecule has 6 heteroatoms. The van der Waals surface area contributed by atoms with Gasteiger partial charge in [-0.3, -0.25) is 4.79 Å². The maximum absolute atomic E-state index is 11.7. The minimum absolute atomic E-state index is 0.0178. The van der Waals surface area contributed by atoms with Gasteiger partial charge in [-0.15, -0.1) is 0 Å². The number of carbonyl (C=O) groups excluding carboxylic acids is 1. The van der Waals surface area contributed by atoms with Gasteiger partial charge in [0, 0.05) is 12.7 Å². The number of aliphatic carboxylic acids is 1. The Morgan fingerprint density at radius 1 is 1.44 bits per heavy atom. The number of carboxylic acids is 1. The highest BCUT2D eigenvalue weighted by Crippen LogP contribution is 2.17. The Kier molecular flexibility index (Phi) is 4.67. The van der Waals surface area contributed by atoms with E-state index in [4.69, 9.17) is 5.11 Å². The maximum atomic E-state index is 11.7. The van der Waals surface area contributed by atoms with Gasteiger partial charge in [0.15, 0.2) is 6.10 Å². The molecule has 98 valence electrons. The molecule has 0 radical (unpaired) electrons. The van der Waals surface area contributed by atoms with Crippen molar-refractivity contribution in [1.82, 2.24) is 5.32 Å². The molecule has 0 aliphatic carbocycles. The van der Waals surface area contributed by atoms with Crippen LogP contribution in [0.3, 0.4) is 0 Å². The number of phenols is 1. The molecule has 0 saturated heterocycles. The first-order valence-corrected chi connectivity index (χ1v) is 5.29. The van der Waals surface area contributed by atoms with E-state index < -0.39 is 18.0 Å². The van der Waals surface area contributed by atoms with Crippen LogP contribution < -0.4 is 5.32 Å². The summed E-state index contributed by atoms with van der Waals surface area (Å²) in [4.78, 5) is 22.3. The van der Waals surface area contributed by atoms with Crippen molar-refractivity contribution in [3.05, 3.63) is 29.3 Å². The lowest BCUT2D eigenvalue weighted by Crippen LogP contribution is -2.37. The number of nitrogens with one attached hydrogen (secondary N) is 1. The van der Waals surface area contributed by atoms with Crippen LogP contribution in [0.2, 0.25) is 0 Å². The van der Waals surface area contributed by atoms with Crippen molar-refractivity contribution in [2.75, 3.05) is 13.7 Å². The first kappa shape index (κ1) is 14.0. The summed E-state index contributed by atoms with van der Waals surface area (Å²) < 4.78 is 4.68. The number of benzene rings is 1. The van der Waals surface area contributed by atoms with Crippen LogP contribution in [0.15, 0.2) is 18.2 Å². The summed E-state index contributed by atoms with van der Waals surface area (Å²) in [5.74, 6) is -1.60. The van der Waals surface area contributed by atoms with Gasteiger partial charge in [-0.1, -0.05) is 6.07 Å². The maximum Gasteiger partial charge on any atom is 0.334 e. The molecule has 0 spiro atoms. The van der Waals surface area contributed by atoms with E-state index in [1.807, 2.05) is 0 Å². The predicted molar refractivity (Wildman–Crippen MR) is 63.6 cm³/mol. The van der Waals surface area contributed by atoms with Crippen molar-refractivity contribution in [3.63, 3.8) is 0 Å². The van der Waals surface area contributed by atoms with Gasteiger partial charge < -0.3 is 20.3 Å². The van der Waals surface area contributed by atoms with Crippen molar-refractivity contribution < 1.29 is 24.5 Å². The Bertz CT molecular complexity index is 458. The molecule has 3 N–H and O–H groups in total. The highest BCUT2D eigenvalue weighted by atomic mass is 16.5. The summed E-state index contributed by atoms with van der Waals surface area (Å²) in [5, 5.41) is 20.6. The van der Waals surface area contributed by atoms with Gasteiger partial charge in [-0.05, 0) is 24.6 Å². The molecular formula is C12H15NO5. The molecule has 1 amide bonds. The van der Waals surface area contributed by atoms with Gasteiger partial charge in [0.25, 0.3) is 5.91 Å². The topological polar surface area (TPSA) is 95.9 Å². The van der Waals surface area contributed by atoms with E-state index >= 15 is 0 Å². The van der Waals surface area contributed by atoms with E-state index in [1.165, 1.54) is 13.2 Å². The standard InChI is InChI=1S/C12H15NO5/c1-7-3-4-8(5-9(7)14)11(15)13-6-10(18-2)12(16)17/h3-5,10,14H,6H2,1-2H3,(H,13,15)(H,16,17). The van der Waals surface area contributed by atoms with E-state index in [0.717, 1.165) is 0 Å². The lowest BCUT2D eigenvalue weighted by Gasteiger charge is -2.11. The first-order chi connectivity index (χ1) is 8.45. The van der Waals surface area contributed by atoms with Crippen molar-refractivity contribution >= 4 is 11.9 Å². The molecular weight excluding hydrogens is 238 g/mol. The Balaban J connectivity index is 2.65. The molecule has 0 fully saturated rings. The second-order valence-corrected chi connectivity index (χ2v) is 3.77. The van der Waals surface area contributed by atoms with E-state index in [1.54, 1.807) is 19.1 Å². The molecule has 0 bridgehead atoms. The fourth-order valence-corrected chi connectivity index (χ4v) is 1.31. The van der Waals surface area contributed by atoms with Crippen LogP contribution in [-0.4, -0.2) is 41.8 Å². The number of aromatic hydroxyl groups is 1. The van der Waals surface area contributed by atoms with Crippen LogP contribution in [0.25, 0.3) is 0 Å². The predicted octanol–water partition coefficient (Wildman–Crippen LogP) is 0.530. The average Bonchev–Trinajstić information content (AvgIpc) is 2.32. The number of amides is 1. The monoisotopic (exact) mass is 253 g/mol. The van der Waals surface area contributed by atoms with Gasteiger partial charge in [0.2, 0.25) is 0 Å². The molecule has 0 saturated carbocycles. The molecule has 1 atom stereocenters. The fourth-order valence-electron chi connectivity index (χ4n) is 1.31. The molecule has 0 aliphatic heterocycles. The summed E-state index contributed by atoms with van der Waals surface area (Å²) in [7, 11) is 1.25. The highest BCUT2D eigenvalue weighted by molar-refractivity contribution is 5.95. The number of carbonyl (C=O) groups is 2. The Morgan fingerprint density at radius 3 is 2.61 bits per heavy atom. The van der Waals surface area contributed by atoms with Gasteiger partial charge in [-0.25, -0.2) is 4.79 Å². The van der Waals surface area contributed by atoms with Gasteiger partial charge in [0.1, 0.15) is 5.75 Å². The summed E-state index contributed by atoms with van der Waals surface area (Å²) >= 11 is 0. The van der Waals surface area contributed by atoms with E-state index in [2.05, 4.69) is 10.1 Å². The third-order valence-corrected chi connectivity index (χ3v) is 2.48. The largest absolute Gasteiger partial charge is 0.508 e. The Labute approximate surface area is 104 Å². The lowest BCUT2D eigenvalue weighted by atomic mass is 10.1. The van der Waals surface area contributed by atoms with E-state index in [-0.39, 0.29) is 17.9 Å². The molecule has 18 heavy (non-hydrogen) atoms. The summed E-state index contributed by atoms with van der Waals surface area (Å²) in [6.45, 7) is 1.57. The number of phenolic OH excluding ortho intramolecular Hbond substituents is 1. The molecule has 1 aromatic carbocycles. The quantitative estimate of drug-likeness (QED) is 0.711. The number of ether oxygens (including phenoxy) is 1. The second kappa shape index (κ2) is 6.02. The van der Waals surface area contributed by atoms with Crippen LogP contribution >= 0.6 is 0 Å². The number of hydrogen-bond acceptors (Lipinski definition) is 4. The lowest BCUT2D eigenvalue weighted by molar-refractivity contribution is -0.148. The van der Waals surface area contributed by atoms with E-state index in [0.29, 0.717) is 5.56 Å². The fraction of sp³-hybridized carbons (Fsp3) is 0.333. The minimum Gasteiger partial charge on any atom is -0.508 e. The molecule has 0 aromatic heterocycles. The Hall–Kier alpha value is -2.08. The van der Waals surface area contributed by atoms with Crippen LogP contribution in [0.5, 0.6) is 5.75 Å². The van der Waals surface area contributed by atoms with Crippen LogP contribution in [0.1, 0.15) is 15.9 Å². The molecule has 0 heterocycles. The smallest absolute Gasteiger partial charge is 0.334 e. The van der Waals surface area contributed by atoms with Crippen molar-refractivity contribution in [2.45, 2.75) is 13.0 Å². The molecule has 0 aliphatic rings. The Morgan fingerprint density at radius 2 is 2.11 bits per heavy atom. The third-order valence-electron chi connectivity index (χ3n) is 2.48. The molecule has 1 unspecified atom stereocenters. The zero-order valence-corrected chi connectivity index (χ0v) is 10.1. The van der Waals surface area contributed by atoms with E-state index in [9.17, 15) is 14.7 Å². The zero-order valence-electron chi connectivity index (χ0n) is 10.1. The zero-order chi connectivity index (χ0) is 13.7. The van der Waals surface area contributed by atoms with Gasteiger partial charge in [-0.2, -0.15) is 0 Å². The number of aryl methyl sites for hydroxylation is 1. The summed E-state index contributed by atoms with van der Waals surface area (Å²) in [6, 6.07) is 4.48. The van der Waals surface area contributed by atoms with Gasteiger partial charge in [0.05, 0.1) is 6.54 Å². The molecule has 1 rings (SSSR count). The molecule has 6 nitrogen and oxygen atoms in total. The number of methoxy groups -OCH3 is 1. The SMILES string of the molecule is COC(CNC(=O)c1ccc(C)c(O)c1)C(=O)O. The van der Waals surface area contributed by atoms with Crippen LogP contribution in [0, 0.1) is 6.92 Å². The first-order valence-electron chi connectivity index (χ1n) is 5.29. The normalized spacial score (nSPS) is 11.9. The minimum atomic E-state index is -1.15. The van der Waals surface area contributed by atoms with Crippen molar-refractivity contribution in [1.29, 1.82) is 0 Å². The number of rotatable bonds is 5. The van der Waals surface area contributed by atoms with Gasteiger partial charge >= 0.3 is 5.97 Å². The van der Waals surface area contributed by atoms with Crippen LogP contribution in [0.4, 0.5) is 0 Å². The second-order valence-electron chi connectivity index (χ2n) is 3.77. The van der Waals surface area contributed by atoms with Crippen molar-refractivity contribution in [2.24, 2.45) is 0 Å². The highest BCUT2D eigenvalue weighted by Gasteiger charge is 2.17. The van der Waals surface area contributed by atoms with Crippen molar-refractivity contribution in [3.8, 4) is 5.75 Å². The number of carboxylic acid groups (broad SMARTS) is 1. The third kappa shape index (κ3) is 3.46. The average molecular weight is 253 g/mol.